The zero-order chi connectivity index (χ0) is 22.7. The fourth-order valence-electron chi connectivity index (χ4n) is 3.70. The normalized spacial score (nSPS) is 17.3. The van der Waals surface area contributed by atoms with Crippen molar-refractivity contribution >= 4 is 40.1 Å². The molecule has 5 nitrogen and oxygen atoms in total. The van der Waals surface area contributed by atoms with Crippen molar-refractivity contribution in [3.63, 3.8) is 0 Å². The van der Waals surface area contributed by atoms with Crippen LogP contribution in [0.5, 0.6) is 0 Å². The van der Waals surface area contributed by atoms with Gasteiger partial charge in [0.05, 0.1) is 5.69 Å². The molecule has 1 aliphatic heterocycles. The van der Waals surface area contributed by atoms with Gasteiger partial charge in [-0.25, -0.2) is 4.99 Å². The zero-order valence-electron chi connectivity index (χ0n) is 18.8. The highest BCUT2D eigenvalue weighted by atomic mass is 32.2. The first-order chi connectivity index (χ1) is 14.7. The fraction of sp³-hybridized carbons (Fsp3) is 0.320. The molecule has 31 heavy (non-hydrogen) atoms. The van der Waals surface area contributed by atoms with E-state index in [0.717, 1.165) is 39.2 Å². The molecule has 162 valence electrons. The van der Waals surface area contributed by atoms with Crippen molar-refractivity contribution in [2.24, 2.45) is 4.99 Å². The summed E-state index contributed by atoms with van der Waals surface area (Å²) >= 11 is 1.34. The van der Waals surface area contributed by atoms with E-state index >= 15 is 0 Å². The van der Waals surface area contributed by atoms with E-state index in [9.17, 15) is 9.59 Å². The predicted molar refractivity (Wildman–Crippen MR) is 130 cm³/mol. The molecule has 1 aliphatic rings. The second-order valence-corrected chi connectivity index (χ2v) is 9.22. The molecular weight excluding hydrogens is 406 g/mol. The van der Waals surface area contributed by atoms with Crippen LogP contribution in [0, 0.1) is 34.6 Å². The van der Waals surface area contributed by atoms with Gasteiger partial charge in [-0.3, -0.25) is 14.5 Å². The van der Waals surface area contributed by atoms with Crippen LogP contribution in [0.4, 0.5) is 11.4 Å². The molecule has 1 atom stereocenters. The molecule has 2 aromatic rings. The number of carbonyl (C=O) groups is 2. The lowest BCUT2D eigenvalue weighted by atomic mass is 10.0. The zero-order valence-corrected chi connectivity index (χ0v) is 19.6. The first kappa shape index (κ1) is 22.8. The van der Waals surface area contributed by atoms with Gasteiger partial charge >= 0.3 is 0 Å². The lowest BCUT2D eigenvalue weighted by Gasteiger charge is -2.15. The average Bonchev–Trinajstić information content (AvgIpc) is 2.96. The maximum atomic E-state index is 13.0. The maximum absolute atomic E-state index is 13.0. The highest BCUT2D eigenvalue weighted by Gasteiger charge is 2.38. The Labute approximate surface area is 188 Å². The van der Waals surface area contributed by atoms with Gasteiger partial charge in [0.15, 0.2) is 5.17 Å². The predicted octanol–water partition coefficient (Wildman–Crippen LogP) is 5.38. The fourth-order valence-corrected chi connectivity index (χ4v) is 4.86. The molecule has 6 heteroatoms. The molecule has 0 aromatic heterocycles. The van der Waals surface area contributed by atoms with Crippen LogP contribution in [0.25, 0.3) is 0 Å². The summed E-state index contributed by atoms with van der Waals surface area (Å²) in [5.41, 5.74) is 6.98. The first-order valence-corrected chi connectivity index (χ1v) is 11.2. The van der Waals surface area contributed by atoms with Gasteiger partial charge in [-0.05, 0) is 62.9 Å². The largest absolute Gasteiger partial charge is 0.326 e. The minimum absolute atomic E-state index is 0.0930. The van der Waals surface area contributed by atoms with Gasteiger partial charge in [0.1, 0.15) is 5.25 Å². The van der Waals surface area contributed by atoms with Gasteiger partial charge in [0.25, 0.3) is 0 Å². The molecule has 1 saturated heterocycles. The third kappa shape index (κ3) is 5.25. The Kier molecular flexibility index (Phi) is 7.01. The van der Waals surface area contributed by atoms with Crippen LogP contribution < -0.4 is 5.32 Å². The summed E-state index contributed by atoms with van der Waals surface area (Å²) in [6.07, 6.45) is 1.77. The van der Waals surface area contributed by atoms with Crippen molar-refractivity contribution in [1.82, 2.24) is 4.90 Å². The highest BCUT2D eigenvalue weighted by molar-refractivity contribution is 8.15. The summed E-state index contributed by atoms with van der Waals surface area (Å²) < 4.78 is 0. The number of hydrogen-bond acceptors (Lipinski definition) is 4. The summed E-state index contributed by atoms with van der Waals surface area (Å²) in [5.74, 6) is -0.283. The number of amidine groups is 1. The number of hydrogen-bond donors (Lipinski definition) is 1. The number of carbonyl (C=O) groups excluding carboxylic acids is 2. The topological polar surface area (TPSA) is 61.8 Å². The van der Waals surface area contributed by atoms with E-state index in [1.165, 1.54) is 11.8 Å². The van der Waals surface area contributed by atoms with Crippen molar-refractivity contribution in [2.45, 2.75) is 46.3 Å². The molecule has 0 bridgehead atoms. The molecule has 2 amide bonds. The molecule has 0 radical (unpaired) electrons. The monoisotopic (exact) mass is 435 g/mol. The SMILES string of the molecule is C=CCN1C(=O)C(CC(=O)Nc2c(C)cc(C)cc2C)SC1=Nc1cc(C)ccc1C. The van der Waals surface area contributed by atoms with Gasteiger partial charge < -0.3 is 5.32 Å². The van der Waals surface area contributed by atoms with Crippen LogP contribution in [0.15, 0.2) is 48.0 Å². The van der Waals surface area contributed by atoms with Gasteiger partial charge in [0.2, 0.25) is 11.8 Å². The third-order valence-corrected chi connectivity index (χ3v) is 6.40. The summed E-state index contributed by atoms with van der Waals surface area (Å²) in [7, 11) is 0. The molecule has 3 rings (SSSR count). The van der Waals surface area contributed by atoms with Gasteiger partial charge in [0, 0.05) is 18.7 Å². The number of aryl methyl sites for hydroxylation is 5. The quantitative estimate of drug-likeness (QED) is 0.620. The number of rotatable bonds is 6. The number of benzene rings is 2. The van der Waals surface area contributed by atoms with E-state index in [1.54, 1.807) is 11.0 Å². The summed E-state index contributed by atoms with van der Waals surface area (Å²) in [5, 5.41) is 3.10. The van der Waals surface area contributed by atoms with Gasteiger partial charge in [-0.1, -0.05) is 47.7 Å². The van der Waals surface area contributed by atoms with E-state index < -0.39 is 5.25 Å². The van der Waals surface area contributed by atoms with Crippen molar-refractivity contribution in [3.05, 3.63) is 70.8 Å². The number of anilines is 1. The maximum Gasteiger partial charge on any atom is 0.242 e. The van der Waals surface area contributed by atoms with Crippen molar-refractivity contribution in [3.8, 4) is 0 Å². The summed E-state index contributed by atoms with van der Waals surface area (Å²) in [6.45, 7) is 14.1. The van der Waals surface area contributed by atoms with Gasteiger partial charge in [-0.2, -0.15) is 0 Å². The first-order valence-electron chi connectivity index (χ1n) is 10.3. The van der Waals surface area contributed by atoms with Crippen LogP contribution in [-0.4, -0.2) is 33.7 Å². The molecule has 1 N–H and O–H groups in total. The number of amides is 2. The van der Waals surface area contributed by atoms with Crippen LogP contribution in [0.1, 0.15) is 34.2 Å². The van der Waals surface area contributed by atoms with Crippen LogP contribution in [-0.2, 0) is 9.59 Å². The minimum atomic E-state index is -0.505. The van der Waals surface area contributed by atoms with Crippen molar-refractivity contribution in [1.29, 1.82) is 0 Å². The Hall–Kier alpha value is -2.86. The number of aliphatic imine (C=N–C) groups is 1. The van der Waals surface area contributed by atoms with E-state index in [-0.39, 0.29) is 18.2 Å². The van der Waals surface area contributed by atoms with E-state index in [0.29, 0.717) is 11.7 Å². The lowest BCUT2D eigenvalue weighted by molar-refractivity contribution is -0.127. The van der Waals surface area contributed by atoms with Crippen LogP contribution in [0.3, 0.4) is 0 Å². The third-order valence-electron chi connectivity index (χ3n) is 5.22. The Morgan fingerprint density at radius 2 is 1.77 bits per heavy atom. The number of thioether (sulfide) groups is 1. The standard InChI is InChI=1S/C25H29N3O2S/c1-7-10-28-24(30)21(31-25(28)26-20-13-15(2)8-9-17(20)4)14-22(29)27-23-18(5)11-16(3)12-19(23)6/h7-9,11-13,21H,1,10,14H2,2-6H3,(H,27,29). The highest BCUT2D eigenvalue weighted by Crippen LogP contribution is 2.33. The lowest BCUT2D eigenvalue weighted by Crippen LogP contribution is -2.33. The Balaban J connectivity index is 1.80. The summed E-state index contributed by atoms with van der Waals surface area (Å²) in [4.78, 5) is 32.2. The molecule has 0 aliphatic carbocycles. The summed E-state index contributed by atoms with van der Waals surface area (Å²) in [6, 6.07) is 10.1. The van der Waals surface area contributed by atoms with Crippen LogP contribution >= 0.6 is 11.8 Å². The molecular formula is C25H29N3O2S. The van der Waals surface area contributed by atoms with Crippen LogP contribution in [0.2, 0.25) is 0 Å². The Bertz CT molecular complexity index is 1050. The average molecular weight is 436 g/mol. The Morgan fingerprint density at radius 1 is 1.10 bits per heavy atom. The van der Waals surface area contributed by atoms with Gasteiger partial charge in [-0.15, -0.1) is 6.58 Å². The van der Waals surface area contributed by atoms with E-state index in [1.807, 2.05) is 65.0 Å². The van der Waals surface area contributed by atoms with Crippen molar-refractivity contribution in [2.75, 3.05) is 11.9 Å². The molecule has 1 heterocycles. The molecule has 0 saturated carbocycles. The molecule has 1 fully saturated rings. The second kappa shape index (κ2) is 9.52. The Morgan fingerprint density at radius 3 is 2.42 bits per heavy atom. The van der Waals surface area contributed by atoms with E-state index in [2.05, 4.69) is 11.9 Å². The number of nitrogens with one attached hydrogen (secondary N) is 1. The van der Waals surface area contributed by atoms with Crippen molar-refractivity contribution < 1.29 is 9.59 Å². The molecule has 2 aromatic carbocycles. The minimum Gasteiger partial charge on any atom is -0.326 e. The molecule has 1 unspecified atom stereocenters. The smallest absolute Gasteiger partial charge is 0.242 e. The number of nitrogens with zero attached hydrogens (tertiary/aromatic N) is 2. The second-order valence-electron chi connectivity index (χ2n) is 8.05. The van der Waals surface area contributed by atoms with E-state index in [4.69, 9.17) is 4.99 Å². The molecule has 0 spiro atoms.